The average Bonchev–Trinajstić information content (AvgIpc) is 2.37. The molecule has 1 unspecified atom stereocenters. The predicted molar refractivity (Wildman–Crippen MR) is 74.0 cm³/mol. The van der Waals surface area contributed by atoms with E-state index < -0.39 is 27.3 Å². The molecular weight excluding hydrogens is 292 g/mol. The van der Waals surface area contributed by atoms with Gasteiger partial charge >= 0.3 is 5.69 Å². The monoisotopic (exact) mass is 304 g/mol. The molecule has 104 valence electrons. The lowest BCUT2D eigenvalue weighted by atomic mass is 10.1. The second-order valence-electron chi connectivity index (χ2n) is 3.58. The van der Waals surface area contributed by atoms with E-state index in [-0.39, 0.29) is 17.1 Å². The highest BCUT2D eigenvalue weighted by atomic mass is 35.5. The minimum absolute atomic E-state index is 0.0882. The second kappa shape index (κ2) is 7.20. The molecule has 0 radical (unpaired) electrons. The van der Waals surface area contributed by atoms with Crippen molar-refractivity contribution < 1.29 is 13.9 Å². The van der Waals surface area contributed by atoms with Crippen LogP contribution in [0.5, 0.6) is 0 Å². The van der Waals surface area contributed by atoms with Crippen LogP contribution in [0.3, 0.4) is 0 Å². The molecular formula is C11H13ClN2O4S. The van der Waals surface area contributed by atoms with Crippen molar-refractivity contribution in [1.29, 1.82) is 0 Å². The first-order chi connectivity index (χ1) is 8.97. The molecule has 0 aliphatic carbocycles. The van der Waals surface area contributed by atoms with Gasteiger partial charge in [-0.3, -0.25) is 19.1 Å². The fourth-order valence-electron chi connectivity index (χ4n) is 1.40. The van der Waals surface area contributed by atoms with Crippen LogP contribution < -0.4 is 5.32 Å². The standard InChI is InChI=1S/C11H13ClN2O4S/c1-2-19(18)7-6-13-11(15)8-4-3-5-9(12)10(8)14(16)17/h3-5H,2,6-7H2,1H3,(H,13,15). The van der Waals surface area contributed by atoms with E-state index in [1.54, 1.807) is 6.92 Å². The molecule has 8 heteroatoms. The van der Waals surface area contributed by atoms with E-state index in [4.69, 9.17) is 11.6 Å². The Hall–Kier alpha value is -1.47. The van der Waals surface area contributed by atoms with E-state index in [1.807, 2.05) is 0 Å². The Morgan fingerprint density at radius 3 is 2.79 bits per heavy atom. The van der Waals surface area contributed by atoms with Crippen molar-refractivity contribution in [2.24, 2.45) is 0 Å². The first-order valence-corrected chi connectivity index (χ1v) is 7.40. The van der Waals surface area contributed by atoms with Gasteiger partial charge in [0.1, 0.15) is 10.6 Å². The Bertz CT molecular complexity index is 521. The molecule has 1 aromatic carbocycles. The smallest absolute Gasteiger partial charge is 0.300 e. The van der Waals surface area contributed by atoms with Gasteiger partial charge in [0.2, 0.25) is 0 Å². The summed E-state index contributed by atoms with van der Waals surface area (Å²) in [6.45, 7) is 1.97. The van der Waals surface area contributed by atoms with E-state index in [9.17, 15) is 19.1 Å². The molecule has 0 aliphatic rings. The second-order valence-corrected chi connectivity index (χ2v) is 5.85. The van der Waals surface area contributed by atoms with Gasteiger partial charge in [-0.1, -0.05) is 24.6 Å². The van der Waals surface area contributed by atoms with Gasteiger partial charge in [-0.15, -0.1) is 0 Å². The zero-order chi connectivity index (χ0) is 14.4. The summed E-state index contributed by atoms with van der Waals surface area (Å²) in [5, 5.41) is 13.3. The van der Waals surface area contributed by atoms with Crippen LogP contribution in [0.25, 0.3) is 0 Å². The normalized spacial score (nSPS) is 11.9. The maximum Gasteiger partial charge on any atom is 0.300 e. The molecule has 0 aromatic heterocycles. The van der Waals surface area contributed by atoms with Gasteiger partial charge in [0, 0.05) is 28.9 Å². The Kier molecular flexibility index (Phi) is 5.91. The third-order valence-corrected chi connectivity index (χ3v) is 3.96. The molecule has 1 amide bonds. The van der Waals surface area contributed by atoms with Gasteiger partial charge in [0.15, 0.2) is 0 Å². The Labute approximate surface area is 117 Å². The van der Waals surface area contributed by atoms with Crippen molar-refractivity contribution in [3.63, 3.8) is 0 Å². The van der Waals surface area contributed by atoms with E-state index >= 15 is 0 Å². The summed E-state index contributed by atoms with van der Waals surface area (Å²) >= 11 is 5.71. The van der Waals surface area contributed by atoms with Crippen LogP contribution in [0.2, 0.25) is 5.02 Å². The lowest BCUT2D eigenvalue weighted by Crippen LogP contribution is -2.28. The van der Waals surface area contributed by atoms with Crippen LogP contribution in [0.4, 0.5) is 5.69 Å². The van der Waals surface area contributed by atoms with Crippen molar-refractivity contribution in [1.82, 2.24) is 5.32 Å². The van der Waals surface area contributed by atoms with E-state index in [2.05, 4.69) is 5.32 Å². The Morgan fingerprint density at radius 2 is 2.21 bits per heavy atom. The lowest BCUT2D eigenvalue weighted by Gasteiger charge is -2.06. The van der Waals surface area contributed by atoms with E-state index in [1.165, 1.54) is 18.2 Å². The summed E-state index contributed by atoms with van der Waals surface area (Å²) in [4.78, 5) is 22.0. The quantitative estimate of drug-likeness (QED) is 0.640. The number of nitrogens with one attached hydrogen (secondary N) is 1. The molecule has 0 fully saturated rings. The number of nitro groups is 1. The lowest BCUT2D eigenvalue weighted by molar-refractivity contribution is -0.385. The van der Waals surface area contributed by atoms with Crippen LogP contribution in [0.15, 0.2) is 18.2 Å². The van der Waals surface area contributed by atoms with Crippen LogP contribution >= 0.6 is 11.6 Å². The highest BCUT2D eigenvalue weighted by Gasteiger charge is 2.23. The molecule has 1 rings (SSSR count). The van der Waals surface area contributed by atoms with Crippen LogP contribution in [-0.2, 0) is 10.8 Å². The maximum atomic E-state index is 11.8. The Balaban J connectivity index is 2.80. The number of nitrogens with zero attached hydrogens (tertiary/aromatic N) is 1. The summed E-state index contributed by atoms with van der Waals surface area (Å²) in [5.41, 5.74) is -0.516. The number of carbonyl (C=O) groups is 1. The van der Waals surface area contributed by atoms with Crippen molar-refractivity contribution in [3.05, 3.63) is 38.9 Å². The van der Waals surface area contributed by atoms with Crippen LogP contribution in [0.1, 0.15) is 17.3 Å². The fourth-order valence-corrected chi connectivity index (χ4v) is 2.26. The average molecular weight is 305 g/mol. The number of nitro benzene ring substituents is 1. The molecule has 0 heterocycles. The van der Waals surface area contributed by atoms with E-state index in [0.29, 0.717) is 11.5 Å². The van der Waals surface area contributed by atoms with Crippen molar-refractivity contribution in [3.8, 4) is 0 Å². The first kappa shape index (κ1) is 15.6. The number of amides is 1. The first-order valence-electron chi connectivity index (χ1n) is 5.53. The van der Waals surface area contributed by atoms with Crippen LogP contribution in [-0.4, -0.2) is 33.1 Å². The summed E-state index contributed by atoms with van der Waals surface area (Å²) in [5.74, 6) is 0.228. The zero-order valence-electron chi connectivity index (χ0n) is 10.2. The van der Waals surface area contributed by atoms with Gasteiger partial charge in [-0.2, -0.15) is 0 Å². The van der Waals surface area contributed by atoms with E-state index in [0.717, 1.165) is 0 Å². The predicted octanol–water partition coefficient (Wildman–Crippen LogP) is 1.75. The summed E-state index contributed by atoms with van der Waals surface area (Å²) in [6, 6.07) is 4.15. The molecule has 0 bridgehead atoms. The number of hydrogen-bond donors (Lipinski definition) is 1. The molecule has 0 saturated carbocycles. The summed E-state index contributed by atoms with van der Waals surface area (Å²) in [7, 11) is -0.993. The maximum absolute atomic E-state index is 11.8. The van der Waals surface area contributed by atoms with Crippen molar-refractivity contribution in [2.75, 3.05) is 18.1 Å². The van der Waals surface area contributed by atoms with Crippen molar-refractivity contribution in [2.45, 2.75) is 6.92 Å². The number of benzene rings is 1. The highest BCUT2D eigenvalue weighted by Crippen LogP contribution is 2.27. The Morgan fingerprint density at radius 1 is 1.53 bits per heavy atom. The molecule has 6 nitrogen and oxygen atoms in total. The zero-order valence-corrected chi connectivity index (χ0v) is 11.8. The number of para-hydroxylation sites is 1. The van der Waals surface area contributed by atoms with Gasteiger partial charge in [-0.05, 0) is 12.1 Å². The molecule has 0 aliphatic heterocycles. The van der Waals surface area contributed by atoms with Gasteiger partial charge in [-0.25, -0.2) is 0 Å². The third kappa shape index (κ3) is 4.29. The molecule has 19 heavy (non-hydrogen) atoms. The number of carbonyl (C=O) groups excluding carboxylic acids is 1. The van der Waals surface area contributed by atoms with Crippen molar-refractivity contribution >= 4 is 34.0 Å². The number of rotatable bonds is 6. The van der Waals surface area contributed by atoms with Gasteiger partial charge in [0.25, 0.3) is 5.91 Å². The SMILES string of the molecule is CCS(=O)CCNC(=O)c1cccc(Cl)c1[N+](=O)[O-]. The molecule has 1 aromatic rings. The van der Waals surface area contributed by atoms with Gasteiger partial charge in [0.05, 0.1) is 4.92 Å². The minimum Gasteiger partial charge on any atom is -0.351 e. The van der Waals surface area contributed by atoms with Gasteiger partial charge < -0.3 is 5.32 Å². The molecule has 1 atom stereocenters. The molecule has 0 spiro atoms. The minimum atomic E-state index is -0.993. The topological polar surface area (TPSA) is 89.3 Å². The number of halogens is 1. The molecule has 0 saturated heterocycles. The largest absolute Gasteiger partial charge is 0.351 e. The fraction of sp³-hybridized carbons (Fsp3) is 0.364. The molecule has 1 N–H and O–H groups in total. The highest BCUT2D eigenvalue weighted by molar-refractivity contribution is 7.84. The number of hydrogen-bond acceptors (Lipinski definition) is 4. The van der Waals surface area contributed by atoms with Crippen LogP contribution in [0, 0.1) is 10.1 Å². The third-order valence-electron chi connectivity index (χ3n) is 2.35. The summed E-state index contributed by atoms with van der Waals surface area (Å²) < 4.78 is 11.2. The summed E-state index contributed by atoms with van der Waals surface area (Å²) in [6.07, 6.45) is 0.